The maximum Gasteiger partial charge on any atom is 0.252 e. The zero-order valence-electron chi connectivity index (χ0n) is 11.0. The van der Waals surface area contributed by atoms with E-state index in [4.69, 9.17) is 5.73 Å². The van der Waals surface area contributed by atoms with E-state index in [1.54, 1.807) is 18.7 Å². The van der Waals surface area contributed by atoms with Crippen molar-refractivity contribution in [2.45, 2.75) is 48.1 Å². The highest BCUT2D eigenvalue weighted by Gasteiger charge is 2.30. The molecule has 19 heavy (non-hydrogen) atoms. The van der Waals surface area contributed by atoms with Gasteiger partial charge in [-0.3, -0.25) is 0 Å². The number of hydrogen-bond donors (Lipinski definition) is 2. The number of thioether (sulfide) groups is 1. The van der Waals surface area contributed by atoms with Gasteiger partial charge in [0.2, 0.25) is 0 Å². The Morgan fingerprint density at radius 1 is 1.42 bits per heavy atom. The molecule has 108 valence electrons. The van der Waals surface area contributed by atoms with Crippen molar-refractivity contribution in [2.75, 3.05) is 12.0 Å². The summed E-state index contributed by atoms with van der Waals surface area (Å²) < 4.78 is 27.9. The van der Waals surface area contributed by atoms with Crippen LogP contribution in [-0.4, -0.2) is 30.9 Å². The highest BCUT2D eigenvalue weighted by Crippen LogP contribution is 2.30. The number of aromatic nitrogens is 1. The second kappa shape index (κ2) is 5.99. The number of nitrogens with one attached hydrogen (secondary N) is 1. The van der Waals surface area contributed by atoms with Crippen molar-refractivity contribution in [3.63, 3.8) is 0 Å². The third-order valence-electron chi connectivity index (χ3n) is 3.33. The molecule has 1 fully saturated rings. The van der Waals surface area contributed by atoms with Gasteiger partial charge in [0.15, 0.2) is 9.34 Å². The number of aryl methyl sites for hydroxylation is 1. The van der Waals surface area contributed by atoms with E-state index in [1.807, 2.05) is 6.26 Å². The first-order valence-electron chi connectivity index (χ1n) is 6.22. The van der Waals surface area contributed by atoms with E-state index in [0.717, 1.165) is 30.6 Å². The van der Waals surface area contributed by atoms with Gasteiger partial charge in [0, 0.05) is 11.3 Å². The average molecular weight is 321 g/mol. The van der Waals surface area contributed by atoms with Crippen molar-refractivity contribution in [3.05, 3.63) is 5.69 Å². The van der Waals surface area contributed by atoms with Crippen LogP contribution in [0.2, 0.25) is 0 Å². The fourth-order valence-electron chi connectivity index (χ4n) is 2.42. The van der Waals surface area contributed by atoms with E-state index in [0.29, 0.717) is 16.1 Å². The van der Waals surface area contributed by atoms with Gasteiger partial charge in [-0.05, 0) is 26.0 Å². The van der Waals surface area contributed by atoms with Crippen molar-refractivity contribution in [2.24, 2.45) is 0 Å². The van der Waals surface area contributed by atoms with E-state index in [1.165, 1.54) is 6.42 Å². The minimum atomic E-state index is -3.50. The lowest BCUT2D eigenvalue weighted by Crippen LogP contribution is -2.43. The number of thiazole rings is 1. The van der Waals surface area contributed by atoms with E-state index in [2.05, 4.69) is 9.71 Å². The van der Waals surface area contributed by atoms with Gasteiger partial charge >= 0.3 is 0 Å². The molecule has 0 aliphatic heterocycles. The molecule has 2 unspecified atom stereocenters. The van der Waals surface area contributed by atoms with Gasteiger partial charge in [0.25, 0.3) is 10.0 Å². The Morgan fingerprint density at radius 3 is 2.68 bits per heavy atom. The summed E-state index contributed by atoms with van der Waals surface area (Å²) in [6.07, 6.45) is 6.26. The quantitative estimate of drug-likeness (QED) is 0.886. The first-order chi connectivity index (χ1) is 8.94. The lowest BCUT2D eigenvalue weighted by Gasteiger charge is -2.30. The Kier molecular flexibility index (Phi) is 4.75. The molecule has 0 aromatic carbocycles. The molecule has 0 radical (unpaired) electrons. The smallest absolute Gasteiger partial charge is 0.252 e. The molecule has 0 saturated heterocycles. The maximum atomic E-state index is 12.4. The molecule has 5 nitrogen and oxygen atoms in total. The molecule has 1 aliphatic rings. The molecule has 3 N–H and O–H groups in total. The zero-order chi connectivity index (χ0) is 14.0. The summed E-state index contributed by atoms with van der Waals surface area (Å²) in [5.74, 6) is 0. The van der Waals surface area contributed by atoms with Crippen molar-refractivity contribution >= 4 is 38.3 Å². The molecule has 0 spiro atoms. The number of anilines is 1. The van der Waals surface area contributed by atoms with Crippen LogP contribution in [0.3, 0.4) is 0 Å². The summed E-state index contributed by atoms with van der Waals surface area (Å²) in [6.45, 7) is 1.67. The molecule has 8 heteroatoms. The number of nitrogens with zero attached hydrogens (tertiary/aromatic N) is 1. The van der Waals surface area contributed by atoms with Crippen LogP contribution < -0.4 is 10.5 Å². The molecular weight excluding hydrogens is 302 g/mol. The number of nitrogens with two attached hydrogens (primary N) is 1. The van der Waals surface area contributed by atoms with Gasteiger partial charge in [-0.25, -0.2) is 18.1 Å². The predicted molar refractivity (Wildman–Crippen MR) is 81.1 cm³/mol. The topological polar surface area (TPSA) is 85.1 Å². The zero-order valence-corrected chi connectivity index (χ0v) is 13.5. The number of sulfonamides is 1. The van der Waals surface area contributed by atoms with E-state index in [9.17, 15) is 8.42 Å². The van der Waals surface area contributed by atoms with Gasteiger partial charge in [0.1, 0.15) is 0 Å². The summed E-state index contributed by atoms with van der Waals surface area (Å²) in [6, 6.07) is 0.0106. The monoisotopic (exact) mass is 321 g/mol. The Labute approximate surface area is 122 Å². The molecule has 2 rings (SSSR count). The molecule has 1 aromatic rings. The standard InChI is InChI=1S/C11H19N3O2S3/c1-7-10(18-11(12)13-7)19(15,16)14-8-5-3-4-6-9(8)17-2/h8-9,14H,3-6H2,1-2H3,(H2,12,13). The van der Waals surface area contributed by atoms with Gasteiger partial charge in [-0.1, -0.05) is 24.2 Å². The van der Waals surface area contributed by atoms with Gasteiger partial charge in [0.05, 0.1) is 5.69 Å². The highest BCUT2D eigenvalue weighted by molar-refractivity contribution is 7.99. The molecule has 1 saturated carbocycles. The third-order valence-corrected chi connectivity index (χ3v) is 7.58. The largest absolute Gasteiger partial charge is 0.375 e. The fraction of sp³-hybridized carbons (Fsp3) is 0.727. The molecule has 1 aliphatic carbocycles. The summed E-state index contributed by atoms with van der Waals surface area (Å²) in [7, 11) is -3.50. The van der Waals surface area contributed by atoms with E-state index < -0.39 is 10.0 Å². The van der Waals surface area contributed by atoms with Crippen molar-refractivity contribution < 1.29 is 8.42 Å². The molecule has 0 bridgehead atoms. The molecule has 0 amide bonds. The highest BCUT2D eigenvalue weighted by atomic mass is 32.2. The molecular formula is C11H19N3O2S3. The fourth-order valence-corrected chi connectivity index (χ4v) is 6.07. The lowest BCUT2D eigenvalue weighted by molar-refractivity contribution is 0.423. The first kappa shape index (κ1) is 15.1. The Morgan fingerprint density at radius 2 is 2.11 bits per heavy atom. The minimum Gasteiger partial charge on any atom is -0.375 e. The molecule has 1 heterocycles. The average Bonchev–Trinajstić information content (AvgIpc) is 2.69. The van der Waals surface area contributed by atoms with Crippen molar-refractivity contribution in [1.82, 2.24) is 9.71 Å². The van der Waals surface area contributed by atoms with Crippen LogP contribution in [0, 0.1) is 6.92 Å². The summed E-state index contributed by atoms with van der Waals surface area (Å²) >= 11 is 2.76. The number of nitrogen functional groups attached to an aromatic ring is 1. The van der Waals surface area contributed by atoms with Crippen LogP contribution in [0.25, 0.3) is 0 Å². The van der Waals surface area contributed by atoms with Gasteiger partial charge in [-0.2, -0.15) is 11.8 Å². The Balaban J connectivity index is 2.19. The first-order valence-corrected chi connectivity index (χ1v) is 9.81. The number of rotatable bonds is 4. The van der Waals surface area contributed by atoms with Crippen LogP contribution in [0.4, 0.5) is 5.13 Å². The van der Waals surface area contributed by atoms with Crippen LogP contribution in [0.5, 0.6) is 0 Å². The van der Waals surface area contributed by atoms with Crippen LogP contribution in [0.15, 0.2) is 4.21 Å². The minimum absolute atomic E-state index is 0.0106. The molecule has 1 aromatic heterocycles. The Hall–Kier alpha value is -0.310. The number of hydrogen-bond acceptors (Lipinski definition) is 6. The summed E-state index contributed by atoms with van der Waals surface area (Å²) in [5.41, 5.74) is 6.05. The van der Waals surface area contributed by atoms with Crippen molar-refractivity contribution in [3.8, 4) is 0 Å². The Bertz CT molecular complexity index is 541. The lowest BCUT2D eigenvalue weighted by atomic mass is 9.96. The predicted octanol–water partition coefficient (Wildman–Crippen LogP) is 1.99. The van der Waals surface area contributed by atoms with Crippen LogP contribution >= 0.6 is 23.1 Å². The van der Waals surface area contributed by atoms with E-state index in [-0.39, 0.29) is 10.3 Å². The second-order valence-electron chi connectivity index (χ2n) is 4.71. The van der Waals surface area contributed by atoms with Crippen molar-refractivity contribution in [1.29, 1.82) is 0 Å². The second-order valence-corrected chi connectivity index (χ2v) is 8.73. The van der Waals surface area contributed by atoms with E-state index >= 15 is 0 Å². The van der Waals surface area contributed by atoms with Crippen LogP contribution in [0.1, 0.15) is 31.4 Å². The van der Waals surface area contributed by atoms with Gasteiger partial charge < -0.3 is 5.73 Å². The van der Waals surface area contributed by atoms with Crippen LogP contribution in [-0.2, 0) is 10.0 Å². The van der Waals surface area contributed by atoms with Gasteiger partial charge in [-0.15, -0.1) is 0 Å². The maximum absolute atomic E-state index is 12.4. The SMILES string of the molecule is CSC1CCCCC1NS(=O)(=O)c1sc(N)nc1C. The summed E-state index contributed by atoms with van der Waals surface area (Å²) in [5, 5.41) is 0.650. The normalized spacial score (nSPS) is 24.5. The molecule has 2 atom stereocenters. The summed E-state index contributed by atoms with van der Waals surface area (Å²) in [4.78, 5) is 3.98. The third kappa shape index (κ3) is 3.42.